The van der Waals surface area contributed by atoms with Crippen LogP contribution in [0.4, 0.5) is 10.1 Å². The summed E-state index contributed by atoms with van der Waals surface area (Å²) in [7, 11) is 0. The Morgan fingerprint density at radius 1 is 1.39 bits per heavy atom. The van der Waals surface area contributed by atoms with Crippen molar-refractivity contribution in [3.63, 3.8) is 0 Å². The van der Waals surface area contributed by atoms with Crippen LogP contribution >= 0.6 is 0 Å². The van der Waals surface area contributed by atoms with E-state index in [0.717, 1.165) is 6.20 Å². The monoisotopic (exact) mass is 246 g/mol. The van der Waals surface area contributed by atoms with Crippen molar-refractivity contribution in [2.75, 3.05) is 5.32 Å². The maximum Gasteiger partial charge on any atom is 0.255 e. The quantitative estimate of drug-likeness (QED) is 0.855. The molecule has 2 aromatic rings. The van der Waals surface area contributed by atoms with Gasteiger partial charge in [0.05, 0.1) is 11.9 Å². The van der Waals surface area contributed by atoms with E-state index in [-0.39, 0.29) is 11.4 Å². The summed E-state index contributed by atoms with van der Waals surface area (Å²) in [4.78, 5) is 15.4. The molecule has 0 saturated carbocycles. The van der Waals surface area contributed by atoms with Gasteiger partial charge in [-0.3, -0.25) is 9.78 Å². The number of aromatic hydroxyl groups is 1. The summed E-state index contributed by atoms with van der Waals surface area (Å²) in [5.41, 5.74) is 1.00. The Labute approximate surface area is 103 Å². The van der Waals surface area contributed by atoms with Crippen LogP contribution in [-0.2, 0) is 0 Å². The third-order valence-electron chi connectivity index (χ3n) is 2.48. The zero-order valence-corrected chi connectivity index (χ0v) is 9.64. The summed E-state index contributed by atoms with van der Waals surface area (Å²) >= 11 is 0. The second-order valence-corrected chi connectivity index (χ2v) is 3.81. The van der Waals surface area contributed by atoms with E-state index in [1.165, 1.54) is 30.5 Å². The Kier molecular flexibility index (Phi) is 3.23. The largest absolute Gasteiger partial charge is 0.508 e. The lowest BCUT2D eigenvalue weighted by molar-refractivity contribution is 0.102. The normalized spacial score (nSPS) is 10.1. The fourth-order valence-electron chi connectivity index (χ4n) is 1.47. The minimum Gasteiger partial charge on any atom is -0.508 e. The molecule has 0 unspecified atom stereocenters. The van der Waals surface area contributed by atoms with Crippen molar-refractivity contribution in [1.29, 1.82) is 0 Å². The molecule has 92 valence electrons. The van der Waals surface area contributed by atoms with Crippen LogP contribution in [0.5, 0.6) is 5.75 Å². The van der Waals surface area contributed by atoms with Crippen LogP contribution in [0.25, 0.3) is 0 Å². The van der Waals surface area contributed by atoms with E-state index < -0.39 is 11.7 Å². The summed E-state index contributed by atoms with van der Waals surface area (Å²) in [6.45, 7) is 1.68. The molecule has 0 bridgehead atoms. The van der Waals surface area contributed by atoms with Gasteiger partial charge in [0.25, 0.3) is 5.91 Å². The number of halogens is 1. The number of carbonyl (C=O) groups is 1. The van der Waals surface area contributed by atoms with Gasteiger partial charge in [0, 0.05) is 11.8 Å². The molecule has 1 heterocycles. The van der Waals surface area contributed by atoms with E-state index in [1.54, 1.807) is 6.92 Å². The van der Waals surface area contributed by atoms with E-state index in [1.807, 2.05) is 0 Å². The molecular formula is C13H11FN2O2. The highest BCUT2D eigenvalue weighted by molar-refractivity contribution is 6.04. The molecule has 2 N–H and O–H groups in total. The molecule has 0 aliphatic carbocycles. The SMILES string of the molecule is Cc1cc(C(=O)Nc2ccncc2F)ccc1O. The van der Waals surface area contributed by atoms with Crippen molar-refractivity contribution in [3.05, 3.63) is 53.6 Å². The number of hydrogen-bond acceptors (Lipinski definition) is 3. The lowest BCUT2D eigenvalue weighted by Gasteiger charge is -2.07. The van der Waals surface area contributed by atoms with E-state index in [2.05, 4.69) is 10.3 Å². The zero-order chi connectivity index (χ0) is 13.1. The molecule has 1 aromatic carbocycles. The van der Waals surface area contributed by atoms with Crippen molar-refractivity contribution in [2.24, 2.45) is 0 Å². The lowest BCUT2D eigenvalue weighted by Crippen LogP contribution is -2.13. The first-order chi connectivity index (χ1) is 8.58. The number of carbonyl (C=O) groups excluding carboxylic acids is 1. The lowest BCUT2D eigenvalue weighted by atomic mass is 10.1. The Bertz CT molecular complexity index is 599. The number of phenols is 1. The molecule has 1 aromatic heterocycles. The van der Waals surface area contributed by atoms with E-state index in [4.69, 9.17) is 0 Å². The molecule has 18 heavy (non-hydrogen) atoms. The first kappa shape index (κ1) is 12.0. The summed E-state index contributed by atoms with van der Waals surface area (Å²) in [5, 5.41) is 11.8. The van der Waals surface area contributed by atoms with E-state index in [0.29, 0.717) is 11.1 Å². The van der Waals surface area contributed by atoms with Crippen LogP contribution in [0.1, 0.15) is 15.9 Å². The zero-order valence-electron chi connectivity index (χ0n) is 9.64. The smallest absolute Gasteiger partial charge is 0.255 e. The second kappa shape index (κ2) is 4.83. The van der Waals surface area contributed by atoms with Crippen LogP contribution in [0.2, 0.25) is 0 Å². The summed E-state index contributed by atoms with van der Waals surface area (Å²) in [6.07, 6.45) is 2.42. The number of phenolic OH excluding ortho intramolecular Hbond substituents is 1. The number of nitrogens with zero attached hydrogens (tertiary/aromatic N) is 1. The number of pyridine rings is 1. The van der Waals surface area contributed by atoms with Gasteiger partial charge in [-0.15, -0.1) is 0 Å². The molecule has 0 saturated heterocycles. The minimum absolute atomic E-state index is 0.0701. The maximum atomic E-state index is 13.3. The number of aromatic nitrogens is 1. The number of benzene rings is 1. The van der Waals surface area contributed by atoms with Gasteiger partial charge in [-0.05, 0) is 36.8 Å². The van der Waals surface area contributed by atoms with Crippen molar-refractivity contribution in [1.82, 2.24) is 4.98 Å². The predicted octanol–water partition coefficient (Wildman–Crippen LogP) is 2.49. The van der Waals surface area contributed by atoms with Crippen LogP contribution in [-0.4, -0.2) is 16.0 Å². The Hall–Kier alpha value is -2.43. The molecule has 1 amide bonds. The number of rotatable bonds is 2. The molecule has 0 fully saturated rings. The fraction of sp³-hybridized carbons (Fsp3) is 0.0769. The van der Waals surface area contributed by atoms with Crippen LogP contribution in [0.3, 0.4) is 0 Å². The van der Waals surface area contributed by atoms with Gasteiger partial charge >= 0.3 is 0 Å². The summed E-state index contributed by atoms with van der Waals surface area (Å²) < 4.78 is 13.3. The first-order valence-electron chi connectivity index (χ1n) is 5.28. The number of amides is 1. The van der Waals surface area contributed by atoms with Gasteiger partial charge in [-0.2, -0.15) is 0 Å². The number of hydrogen-bond donors (Lipinski definition) is 2. The Morgan fingerprint density at radius 2 is 2.17 bits per heavy atom. The highest BCUT2D eigenvalue weighted by Crippen LogP contribution is 2.18. The Morgan fingerprint density at radius 3 is 2.83 bits per heavy atom. The maximum absolute atomic E-state index is 13.3. The molecule has 0 aliphatic rings. The molecule has 2 rings (SSSR count). The van der Waals surface area contributed by atoms with Crippen LogP contribution in [0, 0.1) is 12.7 Å². The van der Waals surface area contributed by atoms with Gasteiger partial charge in [0.2, 0.25) is 0 Å². The molecule has 0 spiro atoms. The average Bonchev–Trinajstić information content (AvgIpc) is 2.35. The topological polar surface area (TPSA) is 62.2 Å². The van der Waals surface area contributed by atoms with Gasteiger partial charge in [-0.1, -0.05) is 0 Å². The Balaban J connectivity index is 2.22. The van der Waals surface area contributed by atoms with Crippen molar-refractivity contribution in [3.8, 4) is 5.75 Å². The molecule has 0 atom stereocenters. The first-order valence-corrected chi connectivity index (χ1v) is 5.28. The van der Waals surface area contributed by atoms with Crippen LogP contribution in [0.15, 0.2) is 36.7 Å². The molecular weight excluding hydrogens is 235 g/mol. The molecule has 0 aliphatic heterocycles. The van der Waals surface area contributed by atoms with Crippen LogP contribution < -0.4 is 5.32 Å². The molecule has 0 radical (unpaired) electrons. The highest BCUT2D eigenvalue weighted by atomic mass is 19.1. The summed E-state index contributed by atoms with van der Waals surface area (Å²) in [5.74, 6) is -0.925. The van der Waals surface area contributed by atoms with Crippen molar-refractivity contribution < 1.29 is 14.3 Å². The molecule has 4 nitrogen and oxygen atoms in total. The standard InChI is InChI=1S/C13H11FN2O2/c1-8-6-9(2-3-12(8)17)13(18)16-11-4-5-15-7-10(11)14/h2-7,17H,1H3,(H,15,16,18). The fourth-order valence-corrected chi connectivity index (χ4v) is 1.47. The van der Waals surface area contributed by atoms with Crippen molar-refractivity contribution in [2.45, 2.75) is 6.92 Å². The molecule has 5 heteroatoms. The second-order valence-electron chi connectivity index (χ2n) is 3.81. The highest BCUT2D eigenvalue weighted by Gasteiger charge is 2.10. The predicted molar refractivity (Wildman–Crippen MR) is 65.0 cm³/mol. The number of anilines is 1. The minimum atomic E-state index is -0.596. The van der Waals surface area contributed by atoms with Gasteiger partial charge in [0.1, 0.15) is 5.75 Å². The van der Waals surface area contributed by atoms with Crippen molar-refractivity contribution >= 4 is 11.6 Å². The van der Waals surface area contributed by atoms with Gasteiger partial charge in [-0.25, -0.2) is 4.39 Å². The van der Waals surface area contributed by atoms with E-state index in [9.17, 15) is 14.3 Å². The third-order valence-corrected chi connectivity index (χ3v) is 2.48. The van der Waals surface area contributed by atoms with Gasteiger partial charge in [0.15, 0.2) is 5.82 Å². The number of aryl methyl sites for hydroxylation is 1. The van der Waals surface area contributed by atoms with Gasteiger partial charge < -0.3 is 10.4 Å². The van der Waals surface area contributed by atoms with E-state index >= 15 is 0 Å². The number of nitrogens with one attached hydrogen (secondary N) is 1. The summed E-state index contributed by atoms with van der Waals surface area (Å²) in [6, 6.07) is 5.80. The third kappa shape index (κ3) is 2.45. The average molecular weight is 246 g/mol.